The second-order valence-electron chi connectivity index (χ2n) is 6.16. The molecule has 1 amide bonds. The average molecular weight is 290 g/mol. The monoisotopic (exact) mass is 290 g/mol. The number of hydrogen-bond donors (Lipinski definition) is 2. The first-order chi connectivity index (χ1) is 9.95. The number of piperidine rings is 1. The van der Waals surface area contributed by atoms with Gasteiger partial charge in [0.25, 0.3) is 5.91 Å². The highest BCUT2D eigenvalue weighted by Crippen LogP contribution is 2.24. The molecular weight excluding hydrogens is 264 g/mol. The van der Waals surface area contributed by atoms with Crippen molar-refractivity contribution in [2.24, 2.45) is 0 Å². The highest BCUT2D eigenvalue weighted by Gasteiger charge is 2.20. The summed E-state index contributed by atoms with van der Waals surface area (Å²) in [7, 11) is 0. The van der Waals surface area contributed by atoms with Crippen LogP contribution in [0.15, 0.2) is 12.1 Å². The molecule has 4 heteroatoms. The van der Waals surface area contributed by atoms with E-state index in [0.717, 1.165) is 36.3 Å². The third kappa shape index (κ3) is 4.46. The van der Waals surface area contributed by atoms with Crippen molar-refractivity contribution < 1.29 is 9.53 Å². The number of amides is 1. The smallest absolute Gasteiger partial charge is 0.258 e. The standard InChI is InChI=1S/C17H26N2O2/c1-11-7-12(2)17(13(3)8-11)21-10-16(20)19-15-5-6-18-14(4)9-15/h7-8,14-15,18H,5-6,9-10H2,1-4H3,(H,19,20). The molecule has 1 aliphatic heterocycles. The van der Waals surface area contributed by atoms with Crippen LogP contribution in [-0.2, 0) is 4.79 Å². The lowest BCUT2D eigenvalue weighted by atomic mass is 10.0. The first kappa shape index (κ1) is 15.8. The number of carbonyl (C=O) groups is 1. The van der Waals surface area contributed by atoms with Crippen LogP contribution >= 0.6 is 0 Å². The highest BCUT2D eigenvalue weighted by atomic mass is 16.5. The van der Waals surface area contributed by atoms with Gasteiger partial charge in [0.05, 0.1) is 0 Å². The molecule has 1 aromatic carbocycles. The second-order valence-corrected chi connectivity index (χ2v) is 6.16. The van der Waals surface area contributed by atoms with Crippen LogP contribution in [0, 0.1) is 20.8 Å². The number of aryl methyl sites for hydroxylation is 3. The Labute approximate surface area is 127 Å². The Kier molecular flexibility index (Phi) is 5.23. The summed E-state index contributed by atoms with van der Waals surface area (Å²) in [5.41, 5.74) is 3.37. The molecule has 2 unspecified atom stereocenters. The van der Waals surface area contributed by atoms with Crippen LogP contribution in [0.25, 0.3) is 0 Å². The predicted molar refractivity (Wildman–Crippen MR) is 84.8 cm³/mol. The third-order valence-corrected chi connectivity index (χ3v) is 3.94. The fraction of sp³-hybridized carbons (Fsp3) is 0.588. The van der Waals surface area contributed by atoms with Gasteiger partial charge in [-0.1, -0.05) is 17.7 Å². The normalized spacial score (nSPS) is 21.9. The maximum Gasteiger partial charge on any atom is 0.258 e. The van der Waals surface area contributed by atoms with E-state index in [1.54, 1.807) is 0 Å². The Morgan fingerprint density at radius 3 is 2.62 bits per heavy atom. The lowest BCUT2D eigenvalue weighted by Gasteiger charge is -2.28. The minimum Gasteiger partial charge on any atom is -0.483 e. The zero-order valence-corrected chi connectivity index (χ0v) is 13.5. The van der Waals surface area contributed by atoms with Gasteiger partial charge in [0.2, 0.25) is 0 Å². The minimum absolute atomic E-state index is 0.0338. The van der Waals surface area contributed by atoms with Crippen LogP contribution in [0.5, 0.6) is 5.75 Å². The third-order valence-electron chi connectivity index (χ3n) is 3.94. The zero-order chi connectivity index (χ0) is 15.4. The predicted octanol–water partition coefficient (Wildman–Crippen LogP) is 2.25. The Morgan fingerprint density at radius 1 is 1.33 bits per heavy atom. The van der Waals surface area contributed by atoms with Crippen molar-refractivity contribution in [1.29, 1.82) is 0 Å². The fourth-order valence-corrected chi connectivity index (χ4v) is 3.06. The molecule has 0 spiro atoms. The Bertz CT molecular complexity index is 491. The number of ether oxygens (including phenoxy) is 1. The van der Waals surface area contributed by atoms with Gasteiger partial charge in [0, 0.05) is 12.1 Å². The lowest BCUT2D eigenvalue weighted by Crippen LogP contribution is -2.47. The van der Waals surface area contributed by atoms with E-state index >= 15 is 0 Å². The number of hydrogen-bond acceptors (Lipinski definition) is 3. The number of rotatable bonds is 4. The van der Waals surface area contributed by atoms with Crippen LogP contribution in [0.2, 0.25) is 0 Å². The van der Waals surface area contributed by atoms with Crippen LogP contribution < -0.4 is 15.4 Å². The van der Waals surface area contributed by atoms with Crippen molar-refractivity contribution in [3.05, 3.63) is 28.8 Å². The van der Waals surface area contributed by atoms with Gasteiger partial charge in [-0.05, 0) is 58.2 Å². The Balaban J connectivity index is 1.87. The van der Waals surface area contributed by atoms with Gasteiger partial charge in [0.1, 0.15) is 5.75 Å². The van der Waals surface area contributed by atoms with Crippen molar-refractivity contribution in [2.75, 3.05) is 13.2 Å². The number of carbonyl (C=O) groups excluding carboxylic acids is 1. The van der Waals surface area contributed by atoms with Crippen LogP contribution in [0.1, 0.15) is 36.5 Å². The highest BCUT2D eigenvalue weighted by molar-refractivity contribution is 5.78. The summed E-state index contributed by atoms with van der Waals surface area (Å²) in [5.74, 6) is 0.794. The van der Waals surface area contributed by atoms with Crippen molar-refractivity contribution in [2.45, 2.75) is 52.6 Å². The van der Waals surface area contributed by atoms with Crippen molar-refractivity contribution in [1.82, 2.24) is 10.6 Å². The van der Waals surface area contributed by atoms with Gasteiger partial charge < -0.3 is 15.4 Å². The molecule has 2 atom stereocenters. The van der Waals surface area contributed by atoms with Crippen molar-refractivity contribution >= 4 is 5.91 Å². The SMILES string of the molecule is Cc1cc(C)c(OCC(=O)NC2CCNC(C)C2)c(C)c1. The molecule has 2 N–H and O–H groups in total. The molecule has 0 saturated carbocycles. The van der Waals surface area contributed by atoms with Crippen molar-refractivity contribution in [3.8, 4) is 5.75 Å². The summed E-state index contributed by atoms with van der Waals surface area (Å²) in [4.78, 5) is 12.0. The molecule has 0 aromatic heterocycles. The molecule has 1 fully saturated rings. The molecule has 2 rings (SSSR count). The second kappa shape index (κ2) is 6.94. The topological polar surface area (TPSA) is 50.4 Å². The summed E-state index contributed by atoms with van der Waals surface area (Å²) in [6.45, 7) is 9.29. The van der Waals surface area contributed by atoms with E-state index in [2.05, 4.69) is 36.6 Å². The van der Waals surface area contributed by atoms with E-state index in [4.69, 9.17) is 4.74 Å². The zero-order valence-electron chi connectivity index (χ0n) is 13.5. The van der Waals surface area contributed by atoms with Crippen molar-refractivity contribution in [3.63, 3.8) is 0 Å². The number of nitrogens with one attached hydrogen (secondary N) is 2. The molecule has 1 aliphatic rings. The van der Waals surface area contributed by atoms with E-state index in [-0.39, 0.29) is 18.6 Å². The first-order valence-corrected chi connectivity index (χ1v) is 7.69. The largest absolute Gasteiger partial charge is 0.483 e. The van der Waals surface area contributed by atoms with Crippen LogP contribution in [-0.4, -0.2) is 31.1 Å². The molecule has 1 aromatic rings. The lowest BCUT2D eigenvalue weighted by molar-refractivity contribution is -0.124. The molecule has 0 aliphatic carbocycles. The quantitative estimate of drug-likeness (QED) is 0.894. The van der Waals surface area contributed by atoms with Gasteiger partial charge in [-0.2, -0.15) is 0 Å². The average Bonchev–Trinajstić information content (AvgIpc) is 2.37. The van der Waals surface area contributed by atoms with Gasteiger partial charge in [-0.15, -0.1) is 0 Å². The van der Waals surface area contributed by atoms with Gasteiger partial charge in [-0.3, -0.25) is 4.79 Å². The van der Waals surface area contributed by atoms with Gasteiger partial charge >= 0.3 is 0 Å². The minimum atomic E-state index is -0.0338. The van der Waals surface area contributed by atoms with Gasteiger partial charge in [-0.25, -0.2) is 0 Å². The fourth-order valence-electron chi connectivity index (χ4n) is 3.06. The summed E-state index contributed by atoms with van der Waals surface area (Å²) < 4.78 is 5.73. The van der Waals surface area contributed by atoms with Crippen LogP contribution in [0.3, 0.4) is 0 Å². The van der Waals surface area contributed by atoms with E-state index in [9.17, 15) is 4.79 Å². The molecule has 4 nitrogen and oxygen atoms in total. The summed E-state index contributed by atoms with van der Waals surface area (Å²) in [6, 6.07) is 4.88. The van der Waals surface area contributed by atoms with E-state index in [0.29, 0.717) is 6.04 Å². The maximum atomic E-state index is 12.0. The molecular formula is C17H26N2O2. The maximum absolute atomic E-state index is 12.0. The number of benzene rings is 1. The summed E-state index contributed by atoms with van der Waals surface area (Å²) in [5, 5.41) is 6.45. The van der Waals surface area contributed by atoms with Crippen LogP contribution in [0.4, 0.5) is 0 Å². The van der Waals surface area contributed by atoms with Gasteiger partial charge in [0.15, 0.2) is 6.61 Å². The summed E-state index contributed by atoms with van der Waals surface area (Å²) >= 11 is 0. The molecule has 1 heterocycles. The molecule has 0 radical (unpaired) electrons. The van der Waals surface area contributed by atoms with E-state index < -0.39 is 0 Å². The Hall–Kier alpha value is -1.55. The molecule has 0 bridgehead atoms. The van der Waals surface area contributed by atoms with E-state index in [1.165, 1.54) is 5.56 Å². The molecule has 116 valence electrons. The molecule has 1 saturated heterocycles. The Morgan fingerprint density at radius 2 is 2.00 bits per heavy atom. The summed E-state index contributed by atoms with van der Waals surface area (Å²) in [6.07, 6.45) is 1.97. The molecule has 21 heavy (non-hydrogen) atoms. The van der Waals surface area contributed by atoms with E-state index in [1.807, 2.05) is 13.8 Å². The first-order valence-electron chi connectivity index (χ1n) is 7.69.